The smallest absolute Gasteiger partial charge is 0.251 e. The molecule has 1 fully saturated rings. The van der Waals surface area contributed by atoms with E-state index in [0.717, 1.165) is 25.2 Å². The summed E-state index contributed by atoms with van der Waals surface area (Å²) in [4.78, 5) is 12.1. The van der Waals surface area contributed by atoms with E-state index in [1.54, 1.807) is 12.1 Å². The van der Waals surface area contributed by atoms with Gasteiger partial charge in [0.15, 0.2) is 0 Å². The van der Waals surface area contributed by atoms with Crippen LogP contribution in [0.5, 0.6) is 5.75 Å². The number of nitrogens with one attached hydrogen (secondary N) is 1. The van der Waals surface area contributed by atoms with Crippen LogP contribution in [0.15, 0.2) is 24.3 Å². The molecule has 104 valence electrons. The van der Waals surface area contributed by atoms with Gasteiger partial charge in [-0.1, -0.05) is 6.07 Å². The third kappa shape index (κ3) is 3.70. The molecule has 0 aliphatic carbocycles. The van der Waals surface area contributed by atoms with Gasteiger partial charge < -0.3 is 14.8 Å². The SMILES string of the molecule is CCOc1cccc(C(=O)N[C@@H](C)[C@H]2CCCO2)c1. The van der Waals surface area contributed by atoms with Crippen molar-refractivity contribution >= 4 is 5.91 Å². The summed E-state index contributed by atoms with van der Waals surface area (Å²) in [5.74, 6) is 0.643. The minimum Gasteiger partial charge on any atom is -0.494 e. The molecule has 1 N–H and O–H groups in total. The van der Waals surface area contributed by atoms with Crippen molar-refractivity contribution in [2.24, 2.45) is 0 Å². The first-order chi connectivity index (χ1) is 9.20. The lowest BCUT2D eigenvalue weighted by Crippen LogP contribution is -2.40. The van der Waals surface area contributed by atoms with Crippen LogP contribution in [0.1, 0.15) is 37.0 Å². The average Bonchev–Trinajstić information content (AvgIpc) is 2.93. The molecule has 1 saturated heterocycles. The van der Waals surface area contributed by atoms with E-state index in [1.807, 2.05) is 26.0 Å². The van der Waals surface area contributed by atoms with Gasteiger partial charge in [-0.05, 0) is 44.9 Å². The molecule has 1 aromatic rings. The molecular weight excluding hydrogens is 242 g/mol. The van der Waals surface area contributed by atoms with Crippen LogP contribution in [0.2, 0.25) is 0 Å². The molecule has 1 aliphatic heterocycles. The summed E-state index contributed by atoms with van der Waals surface area (Å²) in [7, 11) is 0. The lowest BCUT2D eigenvalue weighted by atomic mass is 10.1. The first-order valence-electron chi connectivity index (χ1n) is 6.86. The first kappa shape index (κ1) is 13.9. The number of carbonyl (C=O) groups is 1. The highest BCUT2D eigenvalue weighted by Crippen LogP contribution is 2.17. The lowest BCUT2D eigenvalue weighted by molar-refractivity contribution is 0.0712. The summed E-state index contributed by atoms with van der Waals surface area (Å²) in [5.41, 5.74) is 0.621. The number of amides is 1. The van der Waals surface area contributed by atoms with Crippen molar-refractivity contribution in [3.63, 3.8) is 0 Å². The Balaban J connectivity index is 1.96. The molecule has 19 heavy (non-hydrogen) atoms. The van der Waals surface area contributed by atoms with E-state index in [1.165, 1.54) is 0 Å². The quantitative estimate of drug-likeness (QED) is 0.887. The van der Waals surface area contributed by atoms with Gasteiger partial charge in [-0.15, -0.1) is 0 Å². The predicted molar refractivity (Wildman–Crippen MR) is 73.5 cm³/mol. The highest BCUT2D eigenvalue weighted by Gasteiger charge is 2.23. The Morgan fingerprint density at radius 3 is 3.11 bits per heavy atom. The van der Waals surface area contributed by atoms with E-state index in [0.29, 0.717) is 12.2 Å². The molecule has 0 bridgehead atoms. The molecule has 2 rings (SSSR count). The average molecular weight is 263 g/mol. The Kier molecular flexibility index (Phi) is 4.80. The maximum Gasteiger partial charge on any atom is 0.251 e. The highest BCUT2D eigenvalue weighted by atomic mass is 16.5. The number of rotatable bonds is 5. The Morgan fingerprint density at radius 2 is 2.42 bits per heavy atom. The fourth-order valence-electron chi connectivity index (χ4n) is 2.27. The van der Waals surface area contributed by atoms with E-state index in [9.17, 15) is 4.79 Å². The number of hydrogen-bond acceptors (Lipinski definition) is 3. The van der Waals surface area contributed by atoms with Crippen LogP contribution in [0, 0.1) is 0 Å². The second kappa shape index (κ2) is 6.57. The molecule has 4 heteroatoms. The first-order valence-corrected chi connectivity index (χ1v) is 6.86. The minimum absolute atomic E-state index is 0.0331. The van der Waals surface area contributed by atoms with Gasteiger partial charge in [-0.3, -0.25) is 4.79 Å². The van der Waals surface area contributed by atoms with Crippen molar-refractivity contribution in [3.05, 3.63) is 29.8 Å². The van der Waals surface area contributed by atoms with Gasteiger partial charge in [-0.25, -0.2) is 0 Å². The largest absolute Gasteiger partial charge is 0.494 e. The van der Waals surface area contributed by atoms with Crippen molar-refractivity contribution in [3.8, 4) is 5.75 Å². The third-order valence-electron chi connectivity index (χ3n) is 3.29. The highest BCUT2D eigenvalue weighted by molar-refractivity contribution is 5.94. The molecule has 1 heterocycles. The van der Waals surface area contributed by atoms with Crippen LogP contribution in [0.4, 0.5) is 0 Å². The van der Waals surface area contributed by atoms with Crippen LogP contribution in [-0.2, 0) is 4.74 Å². The molecule has 0 saturated carbocycles. The van der Waals surface area contributed by atoms with E-state index in [-0.39, 0.29) is 18.1 Å². The van der Waals surface area contributed by atoms with E-state index >= 15 is 0 Å². The Bertz CT molecular complexity index is 427. The Labute approximate surface area is 114 Å². The number of ether oxygens (including phenoxy) is 2. The standard InChI is InChI=1S/C15H21NO3/c1-3-18-13-7-4-6-12(10-13)15(17)16-11(2)14-8-5-9-19-14/h4,6-7,10-11,14H,3,5,8-9H2,1-2H3,(H,16,17)/t11-,14+/m0/s1. The zero-order chi connectivity index (χ0) is 13.7. The molecule has 1 amide bonds. The Hall–Kier alpha value is -1.55. The van der Waals surface area contributed by atoms with Gasteiger partial charge in [-0.2, -0.15) is 0 Å². The summed E-state index contributed by atoms with van der Waals surface area (Å²) >= 11 is 0. The van der Waals surface area contributed by atoms with Crippen molar-refractivity contribution in [1.82, 2.24) is 5.32 Å². The predicted octanol–water partition coefficient (Wildman–Crippen LogP) is 2.38. The van der Waals surface area contributed by atoms with Crippen molar-refractivity contribution < 1.29 is 14.3 Å². The molecule has 1 aliphatic rings. The van der Waals surface area contributed by atoms with Gasteiger partial charge in [0.05, 0.1) is 18.8 Å². The fraction of sp³-hybridized carbons (Fsp3) is 0.533. The van der Waals surface area contributed by atoms with Gasteiger partial charge in [0, 0.05) is 12.2 Å². The third-order valence-corrected chi connectivity index (χ3v) is 3.29. The molecule has 2 atom stereocenters. The summed E-state index contributed by atoms with van der Waals surface area (Å²) in [6, 6.07) is 7.27. The van der Waals surface area contributed by atoms with Crippen LogP contribution in [0.25, 0.3) is 0 Å². The minimum atomic E-state index is -0.0791. The van der Waals surface area contributed by atoms with Gasteiger partial charge in [0.1, 0.15) is 5.75 Å². The van der Waals surface area contributed by atoms with Crippen LogP contribution >= 0.6 is 0 Å². The van der Waals surface area contributed by atoms with Gasteiger partial charge in [0.25, 0.3) is 5.91 Å². The van der Waals surface area contributed by atoms with E-state index in [4.69, 9.17) is 9.47 Å². The zero-order valence-electron chi connectivity index (χ0n) is 11.5. The van der Waals surface area contributed by atoms with Gasteiger partial charge in [0.2, 0.25) is 0 Å². The van der Waals surface area contributed by atoms with Crippen molar-refractivity contribution in [1.29, 1.82) is 0 Å². The zero-order valence-corrected chi connectivity index (χ0v) is 11.5. The monoisotopic (exact) mass is 263 g/mol. The summed E-state index contributed by atoms with van der Waals surface area (Å²) < 4.78 is 11.0. The second-order valence-corrected chi connectivity index (χ2v) is 4.77. The Morgan fingerprint density at radius 1 is 1.58 bits per heavy atom. The normalized spacial score (nSPS) is 20.0. The van der Waals surface area contributed by atoms with Crippen LogP contribution in [0.3, 0.4) is 0 Å². The number of benzene rings is 1. The van der Waals surface area contributed by atoms with Crippen molar-refractivity contribution in [2.45, 2.75) is 38.8 Å². The molecule has 0 aromatic heterocycles. The van der Waals surface area contributed by atoms with E-state index in [2.05, 4.69) is 5.32 Å². The molecule has 0 radical (unpaired) electrons. The van der Waals surface area contributed by atoms with Crippen molar-refractivity contribution in [2.75, 3.05) is 13.2 Å². The lowest BCUT2D eigenvalue weighted by Gasteiger charge is -2.20. The number of hydrogen-bond donors (Lipinski definition) is 1. The maximum absolute atomic E-state index is 12.1. The summed E-state index contributed by atoms with van der Waals surface area (Å²) in [5, 5.41) is 2.99. The molecular formula is C15H21NO3. The topological polar surface area (TPSA) is 47.6 Å². The van der Waals surface area contributed by atoms with Crippen LogP contribution < -0.4 is 10.1 Å². The molecule has 0 unspecified atom stereocenters. The maximum atomic E-state index is 12.1. The van der Waals surface area contributed by atoms with E-state index < -0.39 is 0 Å². The molecule has 0 spiro atoms. The summed E-state index contributed by atoms with van der Waals surface area (Å²) in [6.07, 6.45) is 2.23. The summed E-state index contributed by atoms with van der Waals surface area (Å²) in [6.45, 7) is 5.30. The molecule has 1 aromatic carbocycles. The molecule has 4 nitrogen and oxygen atoms in total. The fourth-order valence-corrected chi connectivity index (χ4v) is 2.27. The van der Waals surface area contributed by atoms with Crippen LogP contribution in [-0.4, -0.2) is 31.3 Å². The number of carbonyl (C=O) groups excluding carboxylic acids is 1. The van der Waals surface area contributed by atoms with Gasteiger partial charge >= 0.3 is 0 Å². The second-order valence-electron chi connectivity index (χ2n) is 4.77.